The molecule has 0 radical (unpaired) electrons. The summed E-state index contributed by atoms with van der Waals surface area (Å²) in [5.74, 6) is 1.52. The van der Waals surface area contributed by atoms with E-state index in [4.69, 9.17) is 14.7 Å². The second-order valence-electron chi connectivity index (χ2n) is 4.21. The fourth-order valence-electron chi connectivity index (χ4n) is 1.84. The molecule has 0 fully saturated rings. The van der Waals surface area contributed by atoms with Gasteiger partial charge >= 0.3 is 0 Å². The van der Waals surface area contributed by atoms with E-state index in [9.17, 15) is 0 Å². The fourth-order valence-corrected chi connectivity index (χ4v) is 2.19. The van der Waals surface area contributed by atoms with Crippen LogP contribution in [0.2, 0.25) is 0 Å². The van der Waals surface area contributed by atoms with Crippen LogP contribution in [0.4, 0.5) is 0 Å². The molecular formula is C16H14BrNO2. The Hall–Kier alpha value is -1.99. The van der Waals surface area contributed by atoms with E-state index in [-0.39, 0.29) is 0 Å². The van der Waals surface area contributed by atoms with Crippen molar-refractivity contribution in [1.82, 2.24) is 0 Å². The van der Waals surface area contributed by atoms with E-state index < -0.39 is 0 Å². The van der Waals surface area contributed by atoms with Gasteiger partial charge in [-0.1, -0.05) is 28.1 Å². The summed E-state index contributed by atoms with van der Waals surface area (Å²) in [6.07, 6.45) is 0. The summed E-state index contributed by atoms with van der Waals surface area (Å²) in [5.41, 5.74) is 2.61. The van der Waals surface area contributed by atoms with E-state index >= 15 is 0 Å². The number of benzene rings is 2. The van der Waals surface area contributed by atoms with Crippen LogP contribution in [0.15, 0.2) is 42.5 Å². The van der Waals surface area contributed by atoms with Crippen LogP contribution in [0.1, 0.15) is 16.7 Å². The van der Waals surface area contributed by atoms with Crippen molar-refractivity contribution in [2.24, 2.45) is 0 Å². The smallest absolute Gasteiger partial charge is 0.125 e. The van der Waals surface area contributed by atoms with Crippen molar-refractivity contribution < 1.29 is 9.47 Å². The van der Waals surface area contributed by atoms with Crippen molar-refractivity contribution in [2.75, 3.05) is 7.11 Å². The van der Waals surface area contributed by atoms with Gasteiger partial charge in [0.25, 0.3) is 0 Å². The first-order valence-electron chi connectivity index (χ1n) is 6.11. The summed E-state index contributed by atoms with van der Waals surface area (Å²) in [7, 11) is 1.61. The first kappa shape index (κ1) is 14.4. The maximum absolute atomic E-state index is 8.94. The number of hydrogen-bond donors (Lipinski definition) is 0. The van der Waals surface area contributed by atoms with E-state index in [0.717, 1.165) is 28.0 Å². The minimum Gasteiger partial charge on any atom is -0.496 e. The van der Waals surface area contributed by atoms with Crippen LogP contribution in [-0.4, -0.2) is 7.11 Å². The summed E-state index contributed by atoms with van der Waals surface area (Å²) in [6, 6.07) is 15.3. The lowest BCUT2D eigenvalue weighted by Gasteiger charge is -2.11. The monoisotopic (exact) mass is 331 g/mol. The third kappa shape index (κ3) is 3.52. The van der Waals surface area contributed by atoms with Crippen molar-refractivity contribution in [3.8, 4) is 17.6 Å². The van der Waals surface area contributed by atoms with Crippen molar-refractivity contribution in [3.05, 3.63) is 59.2 Å². The van der Waals surface area contributed by atoms with Gasteiger partial charge in [-0.2, -0.15) is 5.26 Å². The molecule has 0 aliphatic heterocycles. The molecule has 4 heteroatoms. The Bertz CT molecular complexity index is 635. The van der Waals surface area contributed by atoms with Gasteiger partial charge in [-0.25, -0.2) is 0 Å². The normalized spacial score (nSPS) is 9.85. The minimum absolute atomic E-state index is 0.366. The summed E-state index contributed by atoms with van der Waals surface area (Å²) in [5, 5.41) is 9.73. The summed E-state index contributed by atoms with van der Waals surface area (Å²) >= 11 is 3.42. The van der Waals surface area contributed by atoms with Gasteiger partial charge in [0.05, 0.1) is 18.7 Å². The molecule has 0 unspecified atom stereocenters. The van der Waals surface area contributed by atoms with Crippen molar-refractivity contribution in [2.45, 2.75) is 11.9 Å². The van der Waals surface area contributed by atoms with Crippen LogP contribution in [0.3, 0.4) is 0 Å². The molecule has 0 atom stereocenters. The number of methoxy groups -OCH3 is 1. The number of hydrogen-bond acceptors (Lipinski definition) is 3. The quantitative estimate of drug-likeness (QED) is 0.776. The van der Waals surface area contributed by atoms with Crippen LogP contribution in [0.5, 0.6) is 11.5 Å². The average Bonchev–Trinajstić information content (AvgIpc) is 2.52. The largest absolute Gasteiger partial charge is 0.496 e. The zero-order chi connectivity index (χ0) is 14.4. The van der Waals surface area contributed by atoms with Gasteiger partial charge in [-0.3, -0.25) is 0 Å². The first-order chi connectivity index (χ1) is 9.76. The molecule has 0 N–H and O–H groups in total. The third-order valence-corrected chi connectivity index (χ3v) is 3.50. The predicted octanol–water partition coefficient (Wildman–Crippen LogP) is 4.04. The molecule has 0 amide bonds. The molecule has 20 heavy (non-hydrogen) atoms. The lowest BCUT2D eigenvalue weighted by molar-refractivity contribution is 0.296. The number of ether oxygens (including phenoxy) is 2. The highest BCUT2D eigenvalue weighted by molar-refractivity contribution is 9.08. The highest BCUT2D eigenvalue weighted by Crippen LogP contribution is 2.23. The molecule has 0 aliphatic carbocycles. The van der Waals surface area contributed by atoms with Gasteiger partial charge < -0.3 is 9.47 Å². The van der Waals surface area contributed by atoms with Crippen LogP contribution < -0.4 is 9.47 Å². The van der Waals surface area contributed by atoms with Gasteiger partial charge in [0, 0.05) is 10.9 Å². The molecule has 0 heterocycles. The van der Waals surface area contributed by atoms with E-state index in [0.29, 0.717) is 12.2 Å². The molecular weight excluding hydrogens is 318 g/mol. The maximum atomic E-state index is 8.94. The summed E-state index contributed by atoms with van der Waals surface area (Å²) in [6.45, 7) is 0.366. The fraction of sp³-hybridized carbons (Fsp3) is 0.188. The number of nitrogens with zero attached hydrogens (tertiary/aromatic N) is 1. The predicted molar refractivity (Wildman–Crippen MR) is 81.1 cm³/mol. The lowest BCUT2D eigenvalue weighted by Crippen LogP contribution is -1.99. The third-order valence-electron chi connectivity index (χ3n) is 2.86. The molecule has 0 aliphatic rings. The van der Waals surface area contributed by atoms with Crippen molar-refractivity contribution in [3.63, 3.8) is 0 Å². The molecule has 0 saturated carbocycles. The minimum atomic E-state index is 0.366. The Labute approximate surface area is 126 Å². The molecule has 0 bridgehead atoms. The number of halogens is 1. The molecule has 3 nitrogen and oxygen atoms in total. The van der Waals surface area contributed by atoms with E-state index in [2.05, 4.69) is 22.0 Å². The highest BCUT2D eigenvalue weighted by atomic mass is 79.9. The van der Waals surface area contributed by atoms with Crippen LogP contribution in [0, 0.1) is 11.3 Å². The number of nitriles is 1. The summed E-state index contributed by atoms with van der Waals surface area (Å²) < 4.78 is 11.0. The Kier molecular flexibility index (Phi) is 5.03. The van der Waals surface area contributed by atoms with Crippen LogP contribution in [-0.2, 0) is 11.9 Å². The van der Waals surface area contributed by atoms with Crippen LogP contribution >= 0.6 is 15.9 Å². The zero-order valence-corrected chi connectivity index (χ0v) is 12.7. The molecule has 0 saturated heterocycles. The van der Waals surface area contributed by atoms with Crippen molar-refractivity contribution >= 4 is 15.9 Å². The Morgan fingerprint density at radius 1 is 1.20 bits per heavy atom. The van der Waals surface area contributed by atoms with Gasteiger partial charge in [0.15, 0.2) is 0 Å². The van der Waals surface area contributed by atoms with E-state index in [1.165, 1.54) is 0 Å². The molecule has 102 valence electrons. The van der Waals surface area contributed by atoms with Crippen molar-refractivity contribution in [1.29, 1.82) is 5.26 Å². The van der Waals surface area contributed by atoms with E-state index in [1.807, 2.05) is 24.3 Å². The average molecular weight is 332 g/mol. The Morgan fingerprint density at radius 2 is 2.05 bits per heavy atom. The van der Waals surface area contributed by atoms with Gasteiger partial charge in [-0.15, -0.1) is 0 Å². The van der Waals surface area contributed by atoms with Gasteiger partial charge in [0.2, 0.25) is 0 Å². The molecule has 0 aromatic heterocycles. The topological polar surface area (TPSA) is 42.2 Å². The Balaban J connectivity index is 2.15. The SMILES string of the molecule is COc1ccc(C#N)cc1COc1cccc(CBr)c1. The second-order valence-corrected chi connectivity index (χ2v) is 4.77. The highest BCUT2D eigenvalue weighted by Gasteiger charge is 2.06. The van der Waals surface area contributed by atoms with E-state index in [1.54, 1.807) is 25.3 Å². The molecule has 2 aromatic rings. The van der Waals surface area contributed by atoms with Crippen LogP contribution in [0.25, 0.3) is 0 Å². The molecule has 0 spiro atoms. The second kappa shape index (κ2) is 6.97. The Morgan fingerprint density at radius 3 is 2.75 bits per heavy atom. The first-order valence-corrected chi connectivity index (χ1v) is 7.23. The standard InChI is InChI=1S/C16H14BrNO2/c1-19-16-6-5-13(10-18)7-14(16)11-20-15-4-2-3-12(8-15)9-17/h2-8H,9,11H2,1H3. The van der Waals surface area contributed by atoms with Gasteiger partial charge in [-0.05, 0) is 35.9 Å². The molecule has 2 aromatic carbocycles. The molecule has 2 rings (SSSR count). The maximum Gasteiger partial charge on any atom is 0.125 e. The number of rotatable bonds is 5. The van der Waals surface area contributed by atoms with Gasteiger partial charge in [0.1, 0.15) is 18.1 Å². The number of alkyl halides is 1. The summed E-state index contributed by atoms with van der Waals surface area (Å²) in [4.78, 5) is 0. The zero-order valence-electron chi connectivity index (χ0n) is 11.1. The lowest BCUT2D eigenvalue weighted by atomic mass is 10.1.